The molecule has 3 nitrogen and oxygen atoms in total. The zero-order chi connectivity index (χ0) is 15.2. The molecule has 2 saturated heterocycles. The fraction of sp³-hybridized carbons (Fsp3) is 1.00. The molecule has 2 atom stereocenters. The zero-order valence-corrected chi connectivity index (χ0v) is 14.3. The summed E-state index contributed by atoms with van der Waals surface area (Å²) in [5.74, 6) is 0. The van der Waals surface area contributed by atoms with Crippen molar-refractivity contribution in [1.29, 1.82) is 0 Å². The summed E-state index contributed by atoms with van der Waals surface area (Å²) in [5, 5.41) is 0. The summed E-state index contributed by atoms with van der Waals surface area (Å²) in [6, 6.07) is 0. The van der Waals surface area contributed by atoms with Gasteiger partial charge in [0, 0.05) is 0 Å². The van der Waals surface area contributed by atoms with Gasteiger partial charge in [-0.25, -0.2) is 0 Å². The Balaban J connectivity index is 0.000000216. The average Bonchev–Trinajstić information content (AvgIpc) is 3.37. The van der Waals surface area contributed by atoms with Gasteiger partial charge in [0.1, 0.15) is 12.2 Å². The third-order valence-electron chi connectivity index (χ3n) is 3.87. The minimum atomic E-state index is 0.392. The van der Waals surface area contributed by atoms with Crippen LogP contribution in [0.5, 0.6) is 0 Å². The van der Waals surface area contributed by atoms with E-state index in [9.17, 15) is 0 Å². The molecule has 126 valence electrons. The Bertz CT molecular complexity index is 191. The van der Waals surface area contributed by atoms with Gasteiger partial charge in [-0.05, 0) is 0 Å². The van der Waals surface area contributed by atoms with E-state index < -0.39 is 0 Å². The Morgan fingerprint density at radius 3 is 1.29 bits per heavy atom. The first kappa shape index (κ1) is 18.9. The van der Waals surface area contributed by atoms with Gasteiger partial charge < -0.3 is 14.2 Å². The lowest BCUT2D eigenvalue weighted by atomic mass is 10.1. The predicted molar refractivity (Wildman–Crippen MR) is 87.8 cm³/mol. The van der Waals surface area contributed by atoms with Gasteiger partial charge in [-0.15, -0.1) is 0 Å². The molecule has 2 fully saturated rings. The molecular formula is C18H36O3. The highest BCUT2D eigenvalue weighted by atomic mass is 16.6. The van der Waals surface area contributed by atoms with Gasteiger partial charge in [-0.2, -0.15) is 0 Å². The molecule has 0 bridgehead atoms. The second-order valence-electron chi connectivity index (χ2n) is 6.28. The molecule has 21 heavy (non-hydrogen) atoms. The van der Waals surface area contributed by atoms with Crippen molar-refractivity contribution >= 4 is 0 Å². The Kier molecular flexibility index (Phi) is 12.2. The van der Waals surface area contributed by atoms with Gasteiger partial charge >= 0.3 is 0 Å². The van der Waals surface area contributed by atoms with Gasteiger partial charge in [0.15, 0.2) is 0 Å². The molecule has 0 spiro atoms. The minimum Gasteiger partial charge on any atom is -0.376 e. The van der Waals surface area contributed by atoms with Gasteiger partial charge in [-0.3, -0.25) is 0 Å². The Morgan fingerprint density at radius 2 is 1.00 bits per heavy atom. The normalized spacial score (nSPS) is 22.6. The highest BCUT2D eigenvalue weighted by molar-refractivity contribution is 4.71. The SMILES string of the molecule is C(OCC1CO1)C1CO1.CCCCCCCCCCCC. The van der Waals surface area contributed by atoms with Crippen LogP contribution in [0.25, 0.3) is 0 Å². The molecule has 2 aliphatic heterocycles. The molecule has 0 amide bonds. The van der Waals surface area contributed by atoms with Crippen molar-refractivity contribution in [3.8, 4) is 0 Å². The smallest absolute Gasteiger partial charge is 0.104 e. The fourth-order valence-electron chi connectivity index (χ4n) is 2.22. The maximum Gasteiger partial charge on any atom is 0.104 e. The summed E-state index contributed by atoms with van der Waals surface area (Å²) >= 11 is 0. The summed E-state index contributed by atoms with van der Waals surface area (Å²) < 4.78 is 15.1. The second-order valence-corrected chi connectivity index (χ2v) is 6.28. The van der Waals surface area contributed by atoms with E-state index in [1.807, 2.05) is 0 Å². The van der Waals surface area contributed by atoms with Crippen LogP contribution in [0, 0.1) is 0 Å². The summed E-state index contributed by atoms with van der Waals surface area (Å²) in [5.41, 5.74) is 0. The van der Waals surface area contributed by atoms with Gasteiger partial charge in [0.2, 0.25) is 0 Å². The van der Waals surface area contributed by atoms with Gasteiger partial charge in [0.05, 0.1) is 26.4 Å². The van der Waals surface area contributed by atoms with Crippen LogP contribution in [-0.2, 0) is 14.2 Å². The number of hydrogen-bond acceptors (Lipinski definition) is 3. The monoisotopic (exact) mass is 300 g/mol. The molecule has 2 aliphatic rings. The highest BCUT2D eigenvalue weighted by Gasteiger charge is 2.26. The molecule has 0 aliphatic carbocycles. The molecule has 0 aromatic carbocycles. The van der Waals surface area contributed by atoms with E-state index >= 15 is 0 Å². The maximum atomic E-state index is 5.23. The molecule has 0 saturated carbocycles. The Hall–Kier alpha value is -0.120. The van der Waals surface area contributed by atoms with E-state index in [0.717, 1.165) is 26.4 Å². The van der Waals surface area contributed by atoms with E-state index in [2.05, 4.69) is 13.8 Å². The molecule has 3 heteroatoms. The molecule has 2 heterocycles. The summed E-state index contributed by atoms with van der Waals surface area (Å²) in [6.45, 7) is 7.82. The van der Waals surface area contributed by atoms with E-state index in [-0.39, 0.29) is 0 Å². The molecule has 0 N–H and O–H groups in total. The first-order chi connectivity index (χ1) is 10.4. The lowest BCUT2D eigenvalue weighted by Crippen LogP contribution is -2.06. The van der Waals surface area contributed by atoms with E-state index in [1.54, 1.807) is 0 Å². The number of rotatable bonds is 13. The first-order valence-corrected chi connectivity index (χ1v) is 9.17. The maximum absolute atomic E-state index is 5.23. The molecule has 0 aromatic heterocycles. The van der Waals surface area contributed by atoms with Crippen LogP contribution in [0.2, 0.25) is 0 Å². The fourth-order valence-corrected chi connectivity index (χ4v) is 2.22. The molecular weight excluding hydrogens is 264 g/mol. The van der Waals surface area contributed by atoms with E-state index in [1.165, 1.54) is 64.2 Å². The van der Waals surface area contributed by atoms with Crippen molar-refractivity contribution in [3.05, 3.63) is 0 Å². The second kappa shape index (κ2) is 13.5. The quantitative estimate of drug-likeness (QED) is 0.364. The van der Waals surface area contributed by atoms with Crippen molar-refractivity contribution in [2.45, 2.75) is 90.3 Å². The minimum absolute atomic E-state index is 0.392. The molecule has 0 radical (unpaired) electrons. The average molecular weight is 300 g/mol. The Labute approximate surface area is 131 Å². The first-order valence-electron chi connectivity index (χ1n) is 9.17. The Morgan fingerprint density at radius 1 is 0.667 bits per heavy atom. The van der Waals surface area contributed by atoms with Gasteiger partial charge in [-0.1, -0.05) is 78.1 Å². The lowest BCUT2D eigenvalue weighted by Gasteiger charge is -1.99. The van der Waals surface area contributed by atoms with Gasteiger partial charge in [0.25, 0.3) is 0 Å². The third-order valence-corrected chi connectivity index (χ3v) is 3.87. The predicted octanol–water partition coefficient (Wildman–Crippen LogP) is 4.73. The number of epoxide rings is 2. The largest absolute Gasteiger partial charge is 0.376 e. The highest BCUT2D eigenvalue weighted by Crippen LogP contribution is 2.12. The lowest BCUT2D eigenvalue weighted by molar-refractivity contribution is 0.102. The number of ether oxygens (including phenoxy) is 3. The third kappa shape index (κ3) is 14.6. The molecule has 2 unspecified atom stereocenters. The van der Waals surface area contributed by atoms with Crippen molar-refractivity contribution in [3.63, 3.8) is 0 Å². The van der Waals surface area contributed by atoms with Crippen LogP contribution in [0.4, 0.5) is 0 Å². The van der Waals surface area contributed by atoms with Crippen LogP contribution >= 0.6 is 0 Å². The van der Waals surface area contributed by atoms with Crippen LogP contribution in [-0.4, -0.2) is 38.6 Å². The summed E-state index contributed by atoms with van der Waals surface area (Å²) in [4.78, 5) is 0. The summed E-state index contributed by atoms with van der Waals surface area (Å²) in [6.07, 6.45) is 15.2. The van der Waals surface area contributed by atoms with Crippen LogP contribution < -0.4 is 0 Å². The van der Waals surface area contributed by atoms with E-state index in [4.69, 9.17) is 14.2 Å². The number of unbranched alkanes of at least 4 members (excludes halogenated alkanes) is 9. The van der Waals surface area contributed by atoms with Crippen LogP contribution in [0.15, 0.2) is 0 Å². The van der Waals surface area contributed by atoms with Crippen LogP contribution in [0.3, 0.4) is 0 Å². The standard InChI is InChI=1S/C12H26.C6H10O3/c1-3-5-7-9-11-12-10-8-6-4-2;1(5-3-8-5)7-2-6-4-9-6/h3-12H2,1-2H3;5-6H,1-4H2. The van der Waals surface area contributed by atoms with Crippen molar-refractivity contribution in [2.24, 2.45) is 0 Å². The van der Waals surface area contributed by atoms with Crippen molar-refractivity contribution in [1.82, 2.24) is 0 Å². The number of hydrogen-bond donors (Lipinski definition) is 0. The topological polar surface area (TPSA) is 34.3 Å². The molecule has 2 rings (SSSR count). The molecule has 0 aromatic rings. The van der Waals surface area contributed by atoms with Crippen molar-refractivity contribution in [2.75, 3.05) is 26.4 Å². The van der Waals surface area contributed by atoms with E-state index in [0.29, 0.717) is 12.2 Å². The summed E-state index contributed by atoms with van der Waals surface area (Å²) in [7, 11) is 0. The van der Waals surface area contributed by atoms with Crippen LogP contribution in [0.1, 0.15) is 78.1 Å². The van der Waals surface area contributed by atoms with Crippen molar-refractivity contribution < 1.29 is 14.2 Å². The zero-order valence-electron chi connectivity index (χ0n) is 14.3.